The lowest BCUT2D eigenvalue weighted by Gasteiger charge is -2.45. The van der Waals surface area contributed by atoms with E-state index in [1.54, 1.807) is 0 Å². The van der Waals surface area contributed by atoms with E-state index in [0.717, 1.165) is 25.7 Å². The molecule has 3 atom stereocenters. The van der Waals surface area contributed by atoms with Gasteiger partial charge in [0.05, 0.1) is 6.61 Å². The van der Waals surface area contributed by atoms with Gasteiger partial charge in [0.15, 0.2) is 0 Å². The summed E-state index contributed by atoms with van der Waals surface area (Å²) in [6.45, 7) is 10.8. The first-order chi connectivity index (χ1) is 9.22. The lowest BCUT2D eigenvalue weighted by atomic mass is 9.82. The molecule has 1 saturated heterocycles. The SMILES string of the molecule is CCOCC(C)N1CC(C2CCCCC2)NCC1C. The minimum atomic E-state index is 0.545. The number of nitrogens with one attached hydrogen (secondary N) is 1. The summed E-state index contributed by atoms with van der Waals surface area (Å²) >= 11 is 0. The van der Waals surface area contributed by atoms with E-state index in [0.29, 0.717) is 18.1 Å². The molecule has 19 heavy (non-hydrogen) atoms. The summed E-state index contributed by atoms with van der Waals surface area (Å²) in [4.78, 5) is 2.66. The molecule has 0 aromatic rings. The molecule has 2 rings (SSSR count). The average Bonchev–Trinajstić information content (AvgIpc) is 2.46. The van der Waals surface area contributed by atoms with Crippen LogP contribution in [0.2, 0.25) is 0 Å². The Morgan fingerprint density at radius 2 is 2.00 bits per heavy atom. The van der Waals surface area contributed by atoms with Crippen LogP contribution in [-0.2, 0) is 4.74 Å². The topological polar surface area (TPSA) is 24.5 Å². The number of hydrogen-bond acceptors (Lipinski definition) is 3. The molecule has 0 aromatic heterocycles. The molecular weight excluding hydrogens is 236 g/mol. The fraction of sp³-hybridized carbons (Fsp3) is 1.00. The molecule has 0 aromatic carbocycles. The van der Waals surface area contributed by atoms with Crippen LogP contribution in [0.3, 0.4) is 0 Å². The average molecular weight is 268 g/mol. The predicted octanol–water partition coefficient (Wildman–Crippen LogP) is 2.65. The summed E-state index contributed by atoms with van der Waals surface area (Å²) in [5.74, 6) is 0.906. The number of nitrogens with zero attached hydrogens (tertiary/aromatic N) is 1. The first kappa shape index (κ1) is 15.3. The Bertz CT molecular complexity index is 253. The van der Waals surface area contributed by atoms with Crippen molar-refractivity contribution in [2.45, 2.75) is 71.0 Å². The Morgan fingerprint density at radius 1 is 1.26 bits per heavy atom. The van der Waals surface area contributed by atoms with Gasteiger partial charge in [0, 0.05) is 37.8 Å². The van der Waals surface area contributed by atoms with E-state index in [-0.39, 0.29) is 0 Å². The molecule has 0 radical (unpaired) electrons. The van der Waals surface area contributed by atoms with Crippen LogP contribution in [0.15, 0.2) is 0 Å². The van der Waals surface area contributed by atoms with E-state index in [1.807, 2.05) is 0 Å². The molecule has 1 N–H and O–H groups in total. The number of piperazine rings is 1. The van der Waals surface area contributed by atoms with Crippen molar-refractivity contribution in [2.24, 2.45) is 5.92 Å². The Labute approximate surface area is 119 Å². The number of ether oxygens (including phenoxy) is 1. The summed E-state index contributed by atoms with van der Waals surface area (Å²) in [6, 6.07) is 1.89. The Morgan fingerprint density at radius 3 is 2.68 bits per heavy atom. The molecule has 0 bridgehead atoms. The number of rotatable bonds is 5. The summed E-state index contributed by atoms with van der Waals surface area (Å²) in [6.07, 6.45) is 7.18. The van der Waals surface area contributed by atoms with E-state index in [4.69, 9.17) is 4.74 Å². The van der Waals surface area contributed by atoms with Crippen molar-refractivity contribution < 1.29 is 4.74 Å². The van der Waals surface area contributed by atoms with Crippen molar-refractivity contribution in [2.75, 3.05) is 26.3 Å². The van der Waals surface area contributed by atoms with Gasteiger partial charge in [-0.1, -0.05) is 19.3 Å². The predicted molar refractivity (Wildman–Crippen MR) is 80.5 cm³/mol. The maximum absolute atomic E-state index is 5.62. The van der Waals surface area contributed by atoms with Crippen LogP contribution in [0, 0.1) is 5.92 Å². The molecular formula is C16H32N2O. The lowest BCUT2D eigenvalue weighted by molar-refractivity contribution is 0.0224. The minimum absolute atomic E-state index is 0.545. The maximum atomic E-state index is 5.62. The molecule has 1 heterocycles. The van der Waals surface area contributed by atoms with E-state index in [2.05, 4.69) is 31.0 Å². The summed E-state index contributed by atoms with van der Waals surface area (Å²) < 4.78 is 5.62. The van der Waals surface area contributed by atoms with E-state index >= 15 is 0 Å². The molecule has 112 valence electrons. The van der Waals surface area contributed by atoms with Crippen LogP contribution in [0.4, 0.5) is 0 Å². The van der Waals surface area contributed by atoms with Crippen LogP contribution in [0.25, 0.3) is 0 Å². The standard InChI is InChI=1S/C16H32N2O/c1-4-19-12-14(3)18-11-16(17-10-13(18)2)15-8-6-5-7-9-15/h13-17H,4-12H2,1-3H3. The zero-order chi connectivity index (χ0) is 13.7. The van der Waals surface area contributed by atoms with Crippen molar-refractivity contribution >= 4 is 0 Å². The molecule has 1 aliphatic heterocycles. The van der Waals surface area contributed by atoms with Gasteiger partial charge in [-0.05, 0) is 39.5 Å². The Balaban J connectivity index is 1.87. The minimum Gasteiger partial charge on any atom is -0.380 e. The summed E-state index contributed by atoms with van der Waals surface area (Å²) in [7, 11) is 0. The highest BCUT2D eigenvalue weighted by molar-refractivity contribution is 4.90. The summed E-state index contributed by atoms with van der Waals surface area (Å²) in [5, 5.41) is 3.80. The third-order valence-electron chi connectivity index (χ3n) is 5.00. The van der Waals surface area contributed by atoms with Gasteiger partial charge in [-0.25, -0.2) is 0 Å². The van der Waals surface area contributed by atoms with Gasteiger partial charge in [-0.3, -0.25) is 4.90 Å². The molecule has 3 heteroatoms. The lowest BCUT2D eigenvalue weighted by Crippen LogP contribution is -2.60. The molecule has 0 amide bonds. The van der Waals surface area contributed by atoms with E-state index < -0.39 is 0 Å². The van der Waals surface area contributed by atoms with Gasteiger partial charge in [-0.2, -0.15) is 0 Å². The van der Waals surface area contributed by atoms with Gasteiger partial charge in [0.1, 0.15) is 0 Å². The molecule has 3 nitrogen and oxygen atoms in total. The first-order valence-electron chi connectivity index (χ1n) is 8.29. The highest BCUT2D eigenvalue weighted by atomic mass is 16.5. The zero-order valence-corrected chi connectivity index (χ0v) is 13.0. The molecule has 1 saturated carbocycles. The first-order valence-corrected chi connectivity index (χ1v) is 8.29. The van der Waals surface area contributed by atoms with Gasteiger partial charge in [0.2, 0.25) is 0 Å². The molecule has 3 unspecified atom stereocenters. The summed E-state index contributed by atoms with van der Waals surface area (Å²) in [5.41, 5.74) is 0. The van der Waals surface area contributed by atoms with Crippen molar-refractivity contribution in [3.63, 3.8) is 0 Å². The normalized spacial score (nSPS) is 32.4. The van der Waals surface area contributed by atoms with Gasteiger partial charge < -0.3 is 10.1 Å². The van der Waals surface area contributed by atoms with Crippen LogP contribution in [0.5, 0.6) is 0 Å². The molecule has 1 aliphatic carbocycles. The van der Waals surface area contributed by atoms with Gasteiger partial charge in [-0.15, -0.1) is 0 Å². The maximum Gasteiger partial charge on any atom is 0.0619 e. The largest absolute Gasteiger partial charge is 0.380 e. The second kappa shape index (κ2) is 7.61. The van der Waals surface area contributed by atoms with Gasteiger partial charge >= 0.3 is 0 Å². The van der Waals surface area contributed by atoms with Crippen LogP contribution < -0.4 is 5.32 Å². The Hall–Kier alpha value is -0.120. The third-order valence-corrected chi connectivity index (χ3v) is 5.00. The molecule has 2 aliphatic rings. The zero-order valence-electron chi connectivity index (χ0n) is 13.0. The van der Waals surface area contributed by atoms with E-state index in [9.17, 15) is 0 Å². The van der Waals surface area contributed by atoms with Gasteiger partial charge in [0.25, 0.3) is 0 Å². The van der Waals surface area contributed by atoms with E-state index in [1.165, 1.54) is 38.6 Å². The second-order valence-corrected chi connectivity index (χ2v) is 6.47. The molecule has 2 fully saturated rings. The molecule has 0 spiro atoms. The smallest absolute Gasteiger partial charge is 0.0619 e. The number of hydrogen-bond donors (Lipinski definition) is 1. The van der Waals surface area contributed by atoms with Crippen LogP contribution in [-0.4, -0.2) is 49.3 Å². The Kier molecular flexibility index (Phi) is 6.11. The fourth-order valence-corrected chi connectivity index (χ4v) is 3.76. The van der Waals surface area contributed by atoms with Crippen molar-refractivity contribution in [3.8, 4) is 0 Å². The second-order valence-electron chi connectivity index (χ2n) is 6.47. The van der Waals surface area contributed by atoms with Crippen molar-refractivity contribution in [3.05, 3.63) is 0 Å². The van der Waals surface area contributed by atoms with Crippen LogP contribution in [0.1, 0.15) is 52.9 Å². The highest BCUT2D eigenvalue weighted by Crippen LogP contribution is 2.28. The highest BCUT2D eigenvalue weighted by Gasteiger charge is 2.32. The van der Waals surface area contributed by atoms with Crippen molar-refractivity contribution in [1.82, 2.24) is 10.2 Å². The van der Waals surface area contributed by atoms with Crippen LogP contribution >= 0.6 is 0 Å². The quantitative estimate of drug-likeness (QED) is 0.829. The fourth-order valence-electron chi connectivity index (χ4n) is 3.76. The third kappa shape index (κ3) is 4.17. The monoisotopic (exact) mass is 268 g/mol. The van der Waals surface area contributed by atoms with Crippen molar-refractivity contribution in [1.29, 1.82) is 0 Å².